The number of carbonyl (C=O) groups excluding carboxylic acids is 3. The van der Waals surface area contributed by atoms with E-state index in [1.165, 1.54) is 20.8 Å². The summed E-state index contributed by atoms with van der Waals surface area (Å²) in [5.41, 5.74) is 0. The fourth-order valence-corrected chi connectivity index (χ4v) is 5.48. The molecule has 26 heavy (non-hydrogen) atoms. The minimum atomic E-state index is -3.67. The molecule has 4 atom stereocenters. The molecule has 4 unspecified atom stereocenters. The second-order valence-corrected chi connectivity index (χ2v) is 10.5. The Balaban J connectivity index is 2.11. The van der Waals surface area contributed by atoms with Gasteiger partial charge in [-0.1, -0.05) is 13.8 Å². The largest absolute Gasteiger partial charge is 0.394 e. The van der Waals surface area contributed by atoms with E-state index in [0.717, 1.165) is 4.90 Å². The van der Waals surface area contributed by atoms with E-state index in [1.54, 1.807) is 0 Å². The summed E-state index contributed by atoms with van der Waals surface area (Å²) >= 11 is 0. The average molecular weight is 389 g/mol. The van der Waals surface area contributed by atoms with Gasteiger partial charge in [0.1, 0.15) is 17.5 Å². The van der Waals surface area contributed by atoms with Crippen molar-refractivity contribution in [3.8, 4) is 0 Å². The van der Waals surface area contributed by atoms with Gasteiger partial charge in [0.2, 0.25) is 17.7 Å². The summed E-state index contributed by atoms with van der Waals surface area (Å²) in [4.78, 5) is 37.9. The van der Waals surface area contributed by atoms with E-state index < -0.39 is 49.9 Å². The minimum Gasteiger partial charge on any atom is -0.394 e. The number of β-lactam (4-membered cyclic amide) rings is 1. The second-order valence-electron chi connectivity index (χ2n) is 7.78. The van der Waals surface area contributed by atoms with E-state index in [1.807, 2.05) is 13.8 Å². The summed E-state index contributed by atoms with van der Waals surface area (Å²) in [6, 6.07) is -2.57. The number of nitrogens with one attached hydrogen (secondary N) is 2. The summed E-state index contributed by atoms with van der Waals surface area (Å²) in [5.74, 6) is -1.55. The highest BCUT2D eigenvalue weighted by Crippen LogP contribution is 2.45. The lowest BCUT2D eigenvalue weighted by molar-refractivity contribution is -0.150. The van der Waals surface area contributed by atoms with Crippen molar-refractivity contribution in [2.45, 2.75) is 69.3 Å². The van der Waals surface area contributed by atoms with Gasteiger partial charge in [-0.25, -0.2) is 8.42 Å². The predicted octanol–water partition coefficient (Wildman–Crippen LogP) is -1.24. The fraction of sp³-hybridized carbons (Fsp3) is 0.812. The molecule has 0 aromatic heterocycles. The Labute approximate surface area is 153 Å². The molecule has 2 fully saturated rings. The van der Waals surface area contributed by atoms with Gasteiger partial charge in [-0.15, -0.1) is 0 Å². The van der Waals surface area contributed by atoms with Gasteiger partial charge < -0.3 is 20.6 Å². The van der Waals surface area contributed by atoms with Crippen LogP contribution in [0, 0.1) is 5.92 Å². The van der Waals surface area contributed by atoms with Gasteiger partial charge in [-0.05, 0) is 26.7 Å². The molecule has 148 valence electrons. The first kappa shape index (κ1) is 20.6. The van der Waals surface area contributed by atoms with E-state index in [2.05, 4.69) is 10.6 Å². The highest BCUT2D eigenvalue weighted by Gasteiger charge is 2.67. The standard InChI is InChI=1S/C16H27N3O6S/c1-8(2)10(7-20)18-14(22)9(3)17-15(23)13-16(4,5)26(24,25)12-6-11(21)19(12)13/h8-10,12-13,20H,6-7H2,1-5H3,(H,17,23)(H,18,22). The summed E-state index contributed by atoms with van der Waals surface area (Å²) < 4.78 is 23.6. The van der Waals surface area contributed by atoms with Crippen molar-refractivity contribution in [3.05, 3.63) is 0 Å². The first-order chi connectivity index (χ1) is 11.9. The zero-order valence-corrected chi connectivity index (χ0v) is 16.5. The Morgan fingerprint density at radius 1 is 1.27 bits per heavy atom. The van der Waals surface area contributed by atoms with Gasteiger partial charge in [0, 0.05) is 0 Å². The zero-order valence-electron chi connectivity index (χ0n) is 15.6. The molecule has 2 saturated heterocycles. The third-order valence-electron chi connectivity index (χ3n) is 5.31. The van der Waals surface area contributed by atoms with Gasteiger partial charge in [-0.3, -0.25) is 14.4 Å². The van der Waals surface area contributed by atoms with Gasteiger partial charge >= 0.3 is 0 Å². The van der Waals surface area contributed by atoms with Crippen LogP contribution in [0.3, 0.4) is 0 Å². The van der Waals surface area contributed by atoms with Crippen LogP contribution in [0.1, 0.15) is 41.0 Å². The Kier molecular flexibility index (Phi) is 5.40. The van der Waals surface area contributed by atoms with Crippen LogP contribution in [0.25, 0.3) is 0 Å². The van der Waals surface area contributed by atoms with Gasteiger partial charge in [-0.2, -0.15) is 0 Å². The van der Waals surface area contributed by atoms with Crippen LogP contribution in [0.5, 0.6) is 0 Å². The van der Waals surface area contributed by atoms with Crippen LogP contribution in [-0.4, -0.2) is 71.0 Å². The van der Waals surface area contributed by atoms with E-state index in [0.29, 0.717) is 0 Å². The minimum absolute atomic E-state index is 0.00484. The van der Waals surface area contributed by atoms with E-state index in [4.69, 9.17) is 0 Å². The average Bonchev–Trinajstić information content (AvgIpc) is 2.65. The molecule has 2 heterocycles. The van der Waals surface area contributed by atoms with Crippen molar-refractivity contribution in [1.29, 1.82) is 0 Å². The Bertz CT molecular complexity index is 717. The molecule has 2 aliphatic rings. The van der Waals surface area contributed by atoms with Crippen LogP contribution >= 0.6 is 0 Å². The number of nitrogens with zero attached hydrogens (tertiary/aromatic N) is 1. The number of carbonyl (C=O) groups is 3. The Morgan fingerprint density at radius 2 is 1.85 bits per heavy atom. The number of rotatable bonds is 6. The highest BCUT2D eigenvalue weighted by atomic mass is 32.2. The normalized spacial score (nSPS) is 28.1. The van der Waals surface area contributed by atoms with Crippen molar-refractivity contribution in [3.63, 3.8) is 0 Å². The van der Waals surface area contributed by atoms with Crippen molar-refractivity contribution in [2.75, 3.05) is 6.61 Å². The SMILES string of the molecule is CC(NC(=O)C1N2C(=O)CC2S(=O)(=O)C1(C)C)C(=O)NC(CO)C(C)C. The molecule has 2 rings (SSSR count). The molecule has 10 heteroatoms. The third-order valence-corrected chi connectivity index (χ3v) is 8.11. The number of amides is 3. The summed E-state index contributed by atoms with van der Waals surface area (Å²) in [6.45, 7) is 7.75. The molecule has 0 saturated carbocycles. The van der Waals surface area contributed by atoms with Crippen molar-refractivity contribution >= 4 is 27.6 Å². The van der Waals surface area contributed by atoms with E-state index in [9.17, 15) is 27.9 Å². The fourth-order valence-electron chi connectivity index (χ4n) is 3.34. The number of fused-ring (bicyclic) bond motifs is 1. The smallest absolute Gasteiger partial charge is 0.245 e. The molecule has 0 aromatic carbocycles. The molecular weight excluding hydrogens is 362 g/mol. The molecule has 3 amide bonds. The first-order valence-electron chi connectivity index (χ1n) is 8.62. The second kappa shape index (κ2) is 6.80. The van der Waals surface area contributed by atoms with E-state index in [-0.39, 0.29) is 24.9 Å². The first-order valence-corrected chi connectivity index (χ1v) is 10.2. The highest BCUT2D eigenvalue weighted by molar-refractivity contribution is 7.93. The molecule has 2 aliphatic heterocycles. The Morgan fingerprint density at radius 3 is 2.31 bits per heavy atom. The van der Waals surface area contributed by atoms with Crippen LogP contribution in [0.2, 0.25) is 0 Å². The monoisotopic (exact) mass is 389 g/mol. The van der Waals surface area contributed by atoms with Crippen LogP contribution < -0.4 is 10.6 Å². The predicted molar refractivity (Wildman–Crippen MR) is 93.5 cm³/mol. The number of aliphatic hydroxyl groups excluding tert-OH is 1. The van der Waals surface area contributed by atoms with E-state index >= 15 is 0 Å². The number of aliphatic hydroxyl groups is 1. The Hall–Kier alpha value is -1.68. The topological polar surface area (TPSA) is 133 Å². The van der Waals surface area contributed by atoms with Gasteiger partial charge in [0.25, 0.3) is 0 Å². The molecule has 0 spiro atoms. The lowest BCUT2D eigenvalue weighted by Crippen LogP contribution is -2.61. The summed E-state index contributed by atoms with van der Waals surface area (Å²) in [6.07, 6.45) is -0.113. The number of hydrogen-bond acceptors (Lipinski definition) is 6. The molecule has 0 radical (unpaired) electrons. The quantitative estimate of drug-likeness (QED) is 0.487. The van der Waals surface area contributed by atoms with Crippen molar-refractivity contribution in [2.24, 2.45) is 5.92 Å². The van der Waals surface area contributed by atoms with Gasteiger partial charge in [0.05, 0.1) is 23.8 Å². The maximum Gasteiger partial charge on any atom is 0.245 e. The van der Waals surface area contributed by atoms with Crippen LogP contribution in [0.15, 0.2) is 0 Å². The molecule has 0 aliphatic carbocycles. The van der Waals surface area contributed by atoms with Crippen molar-refractivity contribution in [1.82, 2.24) is 15.5 Å². The summed E-state index contributed by atoms with van der Waals surface area (Å²) in [5, 5.41) is 13.5. The summed E-state index contributed by atoms with van der Waals surface area (Å²) in [7, 11) is -3.67. The lowest BCUT2D eigenvalue weighted by atomic mass is 9.97. The van der Waals surface area contributed by atoms with Crippen LogP contribution in [0.4, 0.5) is 0 Å². The molecule has 9 nitrogen and oxygen atoms in total. The molecular formula is C16H27N3O6S. The maximum absolute atomic E-state index is 12.7. The molecule has 3 N–H and O–H groups in total. The lowest BCUT2D eigenvalue weighted by Gasteiger charge is -2.37. The maximum atomic E-state index is 12.7. The van der Waals surface area contributed by atoms with Gasteiger partial charge in [0.15, 0.2) is 9.84 Å². The number of sulfone groups is 1. The molecule has 0 bridgehead atoms. The third kappa shape index (κ3) is 3.09. The van der Waals surface area contributed by atoms with Crippen molar-refractivity contribution < 1.29 is 27.9 Å². The zero-order chi connectivity index (χ0) is 20.0. The molecule has 0 aromatic rings. The number of hydrogen-bond donors (Lipinski definition) is 3. The van der Waals surface area contributed by atoms with Crippen LogP contribution in [-0.2, 0) is 24.2 Å².